The highest BCUT2D eigenvalue weighted by Crippen LogP contribution is 2.39. The third-order valence-electron chi connectivity index (χ3n) is 4.08. The minimum Gasteiger partial charge on any atom is -0.371 e. The van der Waals surface area contributed by atoms with Crippen molar-refractivity contribution in [1.82, 2.24) is 5.32 Å². The first kappa shape index (κ1) is 11.3. The van der Waals surface area contributed by atoms with Gasteiger partial charge in [0, 0.05) is 25.2 Å². The van der Waals surface area contributed by atoms with E-state index in [4.69, 9.17) is 0 Å². The number of piperidine rings is 1. The number of amides is 2. The summed E-state index contributed by atoms with van der Waals surface area (Å²) in [4.78, 5) is 25.5. The van der Waals surface area contributed by atoms with Gasteiger partial charge in [-0.15, -0.1) is 0 Å². The molecule has 2 amide bonds. The smallest absolute Gasteiger partial charge is 0.233 e. The van der Waals surface area contributed by atoms with Crippen molar-refractivity contribution in [2.75, 3.05) is 18.0 Å². The number of carbonyl (C=O) groups is 2. The number of nitrogens with zero attached hydrogens (tertiary/aromatic N) is 1. The third-order valence-corrected chi connectivity index (χ3v) is 4.08. The van der Waals surface area contributed by atoms with Crippen molar-refractivity contribution in [1.29, 1.82) is 0 Å². The van der Waals surface area contributed by atoms with Gasteiger partial charge in [0.2, 0.25) is 11.8 Å². The van der Waals surface area contributed by atoms with E-state index in [1.165, 1.54) is 5.69 Å². The number of anilines is 1. The highest BCUT2D eigenvalue weighted by molar-refractivity contribution is 6.06. The Balaban J connectivity index is 1.72. The van der Waals surface area contributed by atoms with Crippen LogP contribution in [0.5, 0.6) is 0 Å². The van der Waals surface area contributed by atoms with Crippen LogP contribution in [0.4, 0.5) is 5.69 Å². The van der Waals surface area contributed by atoms with Crippen LogP contribution in [0.15, 0.2) is 30.3 Å². The van der Waals surface area contributed by atoms with Gasteiger partial charge in [0.1, 0.15) is 0 Å². The minimum absolute atomic E-state index is 0.0692. The second-order valence-electron chi connectivity index (χ2n) is 5.16. The first-order valence-electron chi connectivity index (χ1n) is 6.34. The van der Waals surface area contributed by atoms with Gasteiger partial charge in [0.15, 0.2) is 0 Å². The topological polar surface area (TPSA) is 49.4 Å². The molecular formula is C14H16N2O2. The number of nitrogens with one attached hydrogen (secondary N) is 1. The Labute approximate surface area is 106 Å². The van der Waals surface area contributed by atoms with E-state index < -0.39 is 5.41 Å². The van der Waals surface area contributed by atoms with Crippen molar-refractivity contribution in [2.45, 2.75) is 19.3 Å². The Bertz CT molecular complexity index is 476. The average molecular weight is 244 g/mol. The number of rotatable bonds is 1. The molecule has 0 radical (unpaired) electrons. The Morgan fingerprint density at radius 2 is 1.72 bits per heavy atom. The molecule has 0 aromatic heterocycles. The summed E-state index contributed by atoms with van der Waals surface area (Å²) in [5.74, 6) is -0.187. The summed E-state index contributed by atoms with van der Waals surface area (Å²) in [6.45, 7) is 1.68. The molecule has 1 spiro atoms. The number of para-hydroxylation sites is 1. The molecule has 0 atom stereocenters. The van der Waals surface area contributed by atoms with Crippen molar-refractivity contribution < 1.29 is 9.59 Å². The van der Waals surface area contributed by atoms with Crippen LogP contribution in [0.1, 0.15) is 19.3 Å². The van der Waals surface area contributed by atoms with Crippen LogP contribution in [0.2, 0.25) is 0 Å². The SMILES string of the molecule is O=C1CC2(CCN(c3ccccc3)CC2)C(=O)N1. The van der Waals surface area contributed by atoms with Gasteiger partial charge in [0.25, 0.3) is 0 Å². The molecular weight excluding hydrogens is 228 g/mol. The van der Waals surface area contributed by atoms with Gasteiger partial charge in [-0.2, -0.15) is 0 Å². The molecule has 2 aliphatic rings. The van der Waals surface area contributed by atoms with Crippen LogP contribution in [-0.2, 0) is 9.59 Å². The maximum atomic E-state index is 11.9. The van der Waals surface area contributed by atoms with Gasteiger partial charge in [-0.1, -0.05) is 18.2 Å². The monoisotopic (exact) mass is 244 g/mol. The van der Waals surface area contributed by atoms with Crippen LogP contribution in [-0.4, -0.2) is 24.9 Å². The van der Waals surface area contributed by atoms with E-state index in [0.29, 0.717) is 6.42 Å². The fraction of sp³-hybridized carbons (Fsp3) is 0.429. The van der Waals surface area contributed by atoms with Gasteiger partial charge in [-0.05, 0) is 25.0 Å². The molecule has 1 aromatic rings. The standard InChI is InChI=1S/C14H16N2O2/c17-12-10-14(13(18)15-12)6-8-16(9-7-14)11-4-2-1-3-5-11/h1-5H,6-10H2,(H,15,17,18). The number of carbonyl (C=O) groups excluding carboxylic acids is 2. The Kier molecular flexibility index (Phi) is 2.58. The number of imide groups is 1. The molecule has 0 unspecified atom stereocenters. The van der Waals surface area contributed by atoms with E-state index in [2.05, 4.69) is 22.3 Å². The van der Waals surface area contributed by atoms with Gasteiger partial charge in [-0.3, -0.25) is 14.9 Å². The zero-order chi connectivity index (χ0) is 12.6. The largest absolute Gasteiger partial charge is 0.371 e. The van der Waals surface area contributed by atoms with Crippen LogP contribution in [0.3, 0.4) is 0 Å². The molecule has 0 bridgehead atoms. The Morgan fingerprint density at radius 3 is 2.28 bits per heavy atom. The van der Waals surface area contributed by atoms with Crippen LogP contribution in [0, 0.1) is 5.41 Å². The van der Waals surface area contributed by atoms with Crippen molar-refractivity contribution >= 4 is 17.5 Å². The highest BCUT2D eigenvalue weighted by Gasteiger charge is 2.48. The van der Waals surface area contributed by atoms with Gasteiger partial charge in [-0.25, -0.2) is 0 Å². The van der Waals surface area contributed by atoms with E-state index in [0.717, 1.165) is 25.9 Å². The van der Waals surface area contributed by atoms with Gasteiger partial charge >= 0.3 is 0 Å². The van der Waals surface area contributed by atoms with Gasteiger partial charge < -0.3 is 4.90 Å². The summed E-state index contributed by atoms with van der Waals surface area (Å²) >= 11 is 0. The quantitative estimate of drug-likeness (QED) is 0.758. The predicted molar refractivity (Wildman–Crippen MR) is 68.1 cm³/mol. The molecule has 2 heterocycles. The summed E-state index contributed by atoms with van der Waals surface area (Å²) < 4.78 is 0. The molecule has 4 nitrogen and oxygen atoms in total. The summed E-state index contributed by atoms with van der Waals surface area (Å²) in [6.07, 6.45) is 1.90. The zero-order valence-electron chi connectivity index (χ0n) is 10.2. The van der Waals surface area contributed by atoms with Crippen LogP contribution < -0.4 is 10.2 Å². The molecule has 2 fully saturated rings. The summed E-state index contributed by atoms with van der Waals surface area (Å²) in [5.41, 5.74) is 0.764. The normalized spacial score (nSPS) is 22.3. The van der Waals surface area contributed by atoms with Crippen LogP contribution >= 0.6 is 0 Å². The molecule has 1 aromatic carbocycles. The van der Waals surface area contributed by atoms with Crippen molar-refractivity contribution in [2.24, 2.45) is 5.41 Å². The summed E-state index contributed by atoms with van der Waals surface area (Å²) in [5, 5.41) is 2.44. The fourth-order valence-electron chi connectivity index (χ4n) is 2.93. The first-order chi connectivity index (χ1) is 8.70. The Hall–Kier alpha value is -1.84. The first-order valence-corrected chi connectivity index (χ1v) is 6.34. The van der Waals surface area contributed by atoms with Crippen molar-refractivity contribution in [3.8, 4) is 0 Å². The van der Waals surface area contributed by atoms with E-state index in [1.54, 1.807) is 0 Å². The zero-order valence-corrected chi connectivity index (χ0v) is 10.2. The van der Waals surface area contributed by atoms with Crippen molar-refractivity contribution in [3.63, 3.8) is 0 Å². The van der Waals surface area contributed by atoms with Crippen molar-refractivity contribution in [3.05, 3.63) is 30.3 Å². The third kappa shape index (κ3) is 1.78. The lowest BCUT2D eigenvalue weighted by atomic mass is 9.77. The lowest BCUT2D eigenvalue weighted by molar-refractivity contribution is -0.129. The molecule has 18 heavy (non-hydrogen) atoms. The van der Waals surface area contributed by atoms with E-state index in [1.807, 2.05) is 18.2 Å². The second-order valence-corrected chi connectivity index (χ2v) is 5.16. The number of benzene rings is 1. The fourth-order valence-corrected chi connectivity index (χ4v) is 2.93. The highest BCUT2D eigenvalue weighted by atomic mass is 16.2. The number of hydrogen-bond donors (Lipinski definition) is 1. The summed E-state index contributed by atoms with van der Waals surface area (Å²) in [6, 6.07) is 10.2. The molecule has 3 rings (SSSR count). The van der Waals surface area contributed by atoms with E-state index in [-0.39, 0.29) is 11.8 Å². The van der Waals surface area contributed by atoms with E-state index >= 15 is 0 Å². The molecule has 4 heteroatoms. The molecule has 0 saturated carbocycles. The lowest BCUT2D eigenvalue weighted by Crippen LogP contribution is -2.43. The predicted octanol–water partition coefficient (Wildman–Crippen LogP) is 1.32. The maximum Gasteiger partial charge on any atom is 0.233 e. The lowest BCUT2D eigenvalue weighted by Gasteiger charge is -2.38. The maximum absolute atomic E-state index is 11.9. The van der Waals surface area contributed by atoms with Gasteiger partial charge in [0.05, 0.1) is 5.41 Å². The average Bonchev–Trinajstić information content (AvgIpc) is 2.66. The summed E-state index contributed by atoms with van der Waals surface area (Å²) in [7, 11) is 0. The molecule has 94 valence electrons. The molecule has 2 saturated heterocycles. The molecule has 0 aliphatic carbocycles. The molecule has 1 N–H and O–H groups in total. The number of hydrogen-bond acceptors (Lipinski definition) is 3. The second kappa shape index (κ2) is 4.12. The van der Waals surface area contributed by atoms with Crippen LogP contribution in [0.25, 0.3) is 0 Å². The Morgan fingerprint density at radius 1 is 1.06 bits per heavy atom. The minimum atomic E-state index is -0.428. The molecule has 2 aliphatic heterocycles. The van der Waals surface area contributed by atoms with E-state index in [9.17, 15) is 9.59 Å².